The number of carbonyl (C=O) groups is 1. The highest BCUT2D eigenvalue weighted by Gasteiger charge is 2.30. The molecule has 1 rings (SSSR count). The minimum atomic E-state index is -1.25. The third-order valence-electron chi connectivity index (χ3n) is 3.47. The Morgan fingerprint density at radius 1 is 1.35 bits per heavy atom. The van der Waals surface area contributed by atoms with Gasteiger partial charge in [0, 0.05) is 6.61 Å². The van der Waals surface area contributed by atoms with E-state index in [-0.39, 0.29) is 6.10 Å². The molecule has 0 bridgehead atoms. The maximum Gasteiger partial charge on any atom is 0.506 e. The highest BCUT2D eigenvalue weighted by molar-refractivity contribution is 5.58. The van der Waals surface area contributed by atoms with Crippen LogP contribution in [0.25, 0.3) is 0 Å². The van der Waals surface area contributed by atoms with Crippen LogP contribution in [-0.2, 0) is 15.1 Å². The molecule has 0 heterocycles. The number of hydrogen-bond acceptors (Lipinski definition) is 3. The second-order valence-corrected chi connectivity index (χ2v) is 5.16. The van der Waals surface area contributed by atoms with Crippen LogP contribution < -0.4 is 0 Å². The summed E-state index contributed by atoms with van der Waals surface area (Å²) in [7, 11) is 0. The van der Waals surface area contributed by atoms with E-state index < -0.39 is 11.8 Å². The van der Waals surface area contributed by atoms with E-state index in [2.05, 4.69) is 6.92 Å². The van der Waals surface area contributed by atoms with Crippen LogP contribution in [0.5, 0.6) is 0 Å². The normalized spacial score (nSPS) is 15.3. The lowest BCUT2D eigenvalue weighted by molar-refractivity contribution is -0.0252. The number of carboxylic acid groups (broad SMARTS) is 1. The van der Waals surface area contributed by atoms with Crippen LogP contribution in [0.2, 0.25) is 0 Å². The Morgan fingerprint density at radius 2 is 2.00 bits per heavy atom. The van der Waals surface area contributed by atoms with E-state index in [0.29, 0.717) is 13.0 Å². The lowest BCUT2D eigenvalue weighted by Gasteiger charge is -2.29. The molecule has 2 unspecified atom stereocenters. The van der Waals surface area contributed by atoms with Crippen molar-refractivity contribution in [1.29, 1.82) is 0 Å². The van der Waals surface area contributed by atoms with E-state index in [1.54, 1.807) is 6.92 Å². The van der Waals surface area contributed by atoms with Crippen molar-refractivity contribution < 1.29 is 19.4 Å². The van der Waals surface area contributed by atoms with Crippen molar-refractivity contribution in [2.75, 3.05) is 6.61 Å². The molecule has 0 fully saturated rings. The topological polar surface area (TPSA) is 55.8 Å². The molecule has 0 radical (unpaired) electrons. The maximum absolute atomic E-state index is 10.9. The SMILES string of the molecule is CCC(C)OCCCC(C)(OC(=O)O)c1ccccc1. The van der Waals surface area contributed by atoms with Crippen molar-refractivity contribution in [3.05, 3.63) is 35.9 Å². The second kappa shape index (κ2) is 7.90. The van der Waals surface area contributed by atoms with Crippen molar-refractivity contribution in [2.45, 2.75) is 51.7 Å². The summed E-state index contributed by atoms with van der Waals surface area (Å²) in [6.07, 6.45) is 1.31. The molecule has 0 spiro atoms. The van der Waals surface area contributed by atoms with E-state index in [4.69, 9.17) is 14.6 Å². The van der Waals surface area contributed by atoms with Crippen LogP contribution in [0.4, 0.5) is 4.79 Å². The average molecular weight is 280 g/mol. The third-order valence-corrected chi connectivity index (χ3v) is 3.47. The summed E-state index contributed by atoms with van der Waals surface area (Å²) in [6, 6.07) is 9.44. The van der Waals surface area contributed by atoms with Crippen LogP contribution in [0.3, 0.4) is 0 Å². The fourth-order valence-corrected chi connectivity index (χ4v) is 2.05. The van der Waals surface area contributed by atoms with Gasteiger partial charge in [0.1, 0.15) is 5.60 Å². The second-order valence-electron chi connectivity index (χ2n) is 5.16. The predicted octanol–water partition coefficient (Wildman–Crippen LogP) is 4.19. The summed E-state index contributed by atoms with van der Waals surface area (Å²) in [6.45, 7) is 6.52. The Morgan fingerprint density at radius 3 is 2.55 bits per heavy atom. The molecule has 0 saturated heterocycles. The smallest absolute Gasteiger partial charge is 0.450 e. The minimum absolute atomic E-state index is 0.235. The Hall–Kier alpha value is -1.55. The van der Waals surface area contributed by atoms with Crippen molar-refractivity contribution in [3.8, 4) is 0 Å². The summed E-state index contributed by atoms with van der Waals surface area (Å²) in [5.41, 5.74) is 0.0391. The molecular formula is C16H24O4. The van der Waals surface area contributed by atoms with Gasteiger partial charge in [0.15, 0.2) is 0 Å². The van der Waals surface area contributed by atoms with Crippen molar-refractivity contribution >= 4 is 6.16 Å². The van der Waals surface area contributed by atoms with Crippen molar-refractivity contribution in [3.63, 3.8) is 0 Å². The van der Waals surface area contributed by atoms with Crippen molar-refractivity contribution in [2.24, 2.45) is 0 Å². The maximum atomic E-state index is 10.9. The number of hydrogen-bond donors (Lipinski definition) is 1. The molecular weight excluding hydrogens is 256 g/mol. The van der Waals surface area contributed by atoms with Crippen molar-refractivity contribution in [1.82, 2.24) is 0 Å². The lowest BCUT2D eigenvalue weighted by atomic mass is 9.91. The van der Waals surface area contributed by atoms with Gasteiger partial charge in [-0.05, 0) is 38.7 Å². The van der Waals surface area contributed by atoms with E-state index >= 15 is 0 Å². The average Bonchev–Trinajstić information content (AvgIpc) is 2.43. The molecule has 20 heavy (non-hydrogen) atoms. The van der Waals surface area contributed by atoms with Crippen LogP contribution in [0.1, 0.15) is 45.6 Å². The van der Waals surface area contributed by atoms with Gasteiger partial charge in [-0.1, -0.05) is 37.3 Å². The molecule has 0 aliphatic carbocycles. The zero-order valence-electron chi connectivity index (χ0n) is 12.5. The van der Waals surface area contributed by atoms with E-state index in [1.165, 1.54) is 0 Å². The highest BCUT2D eigenvalue weighted by Crippen LogP contribution is 2.30. The minimum Gasteiger partial charge on any atom is -0.450 e. The number of rotatable bonds is 8. The van der Waals surface area contributed by atoms with Gasteiger partial charge in [-0.3, -0.25) is 0 Å². The first kappa shape index (κ1) is 16.5. The fraction of sp³-hybridized carbons (Fsp3) is 0.562. The van der Waals surface area contributed by atoms with Gasteiger partial charge in [-0.2, -0.15) is 0 Å². The standard InChI is InChI=1S/C16H24O4/c1-4-13(2)19-12-8-11-16(3,20-15(17)18)14-9-6-5-7-10-14/h5-7,9-10,13H,4,8,11-12H2,1-3H3,(H,17,18). The zero-order chi connectivity index (χ0) is 15.0. The summed E-state index contributed by atoms with van der Waals surface area (Å²) < 4.78 is 10.7. The molecule has 1 aromatic rings. The predicted molar refractivity (Wildman–Crippen MR) is 77.8 cm³/mol. The Kier molecular flexibility index (Phi) is 6.52. The summed E-state index contributed by atoms with van der Waals surface area (Å²) in [5, 5.41) is 8.94. The first-order chi connectivity index (χ1) is 9.48. The highest BCUT2D eigenvalue weighted by atomic mass is 16.7. The molecule has 112 valence electrons. The van der Waals surface area contributed by atoms with Gasteiger partial charge < -0.3 is 14.6 Å². The Labute approximate surface area is 120 Å². The fourth-order valence-electron chi connectivity index (χ4n) is 2.05. The van der Waals surface area contributed by atoms with Gasteiger partial charge in [-0.25, -0.2) is 4.79 Å². The molecule has 0 aliphatic rings. The summed E-state index contributed by atoms with van der Waals surface area (Å²) in [5.74, 6) is 0. The van der Waals surface area contributed by atoms with Gasteiger partial charge in [0.2, 0.25) is 0 Å². The van der Waals surface area contributed by atoms with Gasteiger partial charge in [0.25, 0.3) is 0 Å². The molecule has 4 heteroatoms. The summed E-state index contributed by atoms with van der Waals surface area (Å²) in [4.78, 5) is 10.9. The molecule has 1 aromatic carbocycles. The van der Waals surface area contributed by atoms with Crippen LogP contribution >= 0.6 is 0 Å². The molecule has 0 saturated carbocycles. The van der Waals surface area contributed by atoms with Crippen LogP contribution in [-0.4, -0.2) is 24.0 Å². The Bertz CT molecular complexity index is 404. The van der Waals surface area contributed by atoms with Gasteiger partial charge >= 0.3 is 6.16 Å². The molecule has 0 amide bonds. The largest absolute Gasteiger partial charge is 0.506 e. The van der Waals surface area contributed by atoms with Gasteiger partial charge in [0.05, 0.1) is 6.10 Å². The first-order valence-electron chi connectivity index (χ1n) is 7.07. The molecule has 4 nitrogen and oxygen atoms in total. The zero-order valence-corrected chi connectivity index (χ0v) is 12.5. The first-order valence-corrected chi connectivity index (χ1v) is 7.07. The number of benzene rings is 1. The van der Waals surface area contributed by atoms with E-state index in [9.17, 15) is 4.79 Å². The van der Waals surface area contributed by atoms with Crippen LogP contribution in [0.15, 0.2) is 30.3 Å². The molecule has 0 aromatic heterocycles. The lowest BCUT2D eigenvalue weighted by Crippen LogP contribution is -2.29. The quantitative estimate of drug-likeness (QED) is 0.573. The van der Waals surface area contributed by atoms with E-state index in [0.717, 1.165) is 18.4 Å². The Balaban J connectivity index is 2.63. The number of ether oxygens (including phenoxy) is 2. The molecule has 0 aliphatic heterocycles. The van der Waals surface area contributed by atoms with Gasteiger partial charge in [-0.15, -0.1) is 0 Å². The van der Waals surface area contributed by atoms with Crippen LogP contribution in [0, 0.1) is 0 Å². The molecule has 2 atom stereocenters. The third kappa shape index (κ3) is 5.21. The monoisotopic (exact) mass is 280 g/mol. The molecule has 1 N–H and O–H groups in total. The summed E-state index contributed by atoms with van der Waals surface area (Å²) >= 11 is 0. The van der Waals surface area contributed by atoms with E-state index in [1.807, 2.05) is 37.3 Å².